The van der Waals surface area contributed by atoms with E-state index in [1.54, 1.807) is 12.1 Å². The highest BCUT2D eigenvalue weighted by Gasteiger charge is 2.20. The van der Waals surface area contributed by atoms with Crippen LogP contribution < -0.4 is 10.9 Å². The van der Waals surface area contributed by atoms with Crippen LogP contribution in [0.2, 0.25) is 0 Å². The first-order chi connectivity index (χ1) is 12.1. The molecule has 4 rings (SSSR count). The van der Waals surface area contributed by atoms with Crippen molar-refractivity contribution in [3.63, 3.8) is 0 Å². The Balaban J connectivity index is 1.64. The van der Waals surface area contributed by atoms with Crippen LogP contribution in [-0.4, -0.2) is 41.0 Å². The molecule has 1 atom stereocenters. The number of rotatable bonds is 4. The van der Waals surface area contributed by atoms with E-state index in [4.69, 9.17) is 0 Å². The van der Waals surface area contributed by atoms with Crippen LogP contribution in [0.5, 0.6) is 0 Å². The van der Waals surface area contributed by atoms with E-state index in [0.29, 0.717) is 28.6 Å². The van der Waals surface area contributed by atoms with Crippen molar-refractivity contribution >= 4 is 21.6 Å². The molecule has 25 heavy (non-hydrogen) atoms. The number of fused-ring (bicyclic) bond motifs is 1. The second-order valence-corrected chi connectivity index (χ2v) is 7.46. The minimum atomic E-state index is -0.271. The largest absolute Gasteiger partial charge is 0.315 e. The van der Waals surface area contributed by atoms with E-state index < -0.39 is 0 Å². The minimum absolute atomic E-state index is 0.115. The van der Waals surface area contributed by atoms with Gasteiger partial charge in [0.05, 0.1) is 12.1 Å². The van der Waals surface area contributed by atoms with Gasteiger partial charge >= 0.3 is 0 Å². The molecular weight excluding hydrogens is 339 g/mol. The third kappa shape index (κ3) is 3.35. The first kappa shape index (κ1) is 16.4. The molecule has 1 aliphatic heterocycles. The summed E-state index contributed by atoms with van der Waals surface area (Å²) in [5, 5.41) is 3.35. The van der Waals surface area contributed by atoms with Gasteiger partial charge in [0.1, 0.15) is 16.3 Å². The summed E-state index contributed by atoms with van der Waals surface area (Å²) in [4.78, 5) is 23.1. The maximum Gasteiger partial charge on any atom is 0.268 e. The van der Waals surface area contributed by atoms with Gasteiger partial charge < -0.3 is 10.3 Å². The van der Waals surface area contributed by atoms with Crippen molar-refractivity contribution in [1.29, 1.82) is 0 Å². The normalized spacial score (nSPS) is 17.6. The van der Waals surface area contributed by atoms with Gasteiger partial charge in [-0.1, -0.05) is 12.1 Å². The van der Waals surface area contributed by atoms with E-state index in [2.05, 4.69) is 27.2 Å². The molecule has 0 saturated carbocycles. The number of hydrogen-bond acceptors (Lipinski definition) is 5. The Hall–Kier alpha value is -2.09. The van der Waals surface area contributed by atoms with Crippen LogP contribution in [0.4, 0.5) is 4.39 Å². The van der Waals surface area contributed by atoms with Crippen molar-refractivity contribution in [2.24, 2.45) is 0 Å². The van der Waals surface area contributed by atoms with Crippen molar-refractivity contribution in [2.75, 3.05) is 20.1 Å². The van der Waals surface area contributed by atoms with Crippen molar-refractivity contribution < 1.29 is 4.39 Å². The zero-order valence-electron chi connectivity index (χ0n) is 13.9. The first-order valence-electron chi connectivity index (χ1n) is 8.30. The number of nitrogens with one attached hydrogen (secondary N) is 2. The van der Waals surface area contributed by atoms with Gasteiger partial charge in [0.25, 0.3) is 5.56 Å². The third-order valence-electron chi connectivity index (χ3n) is 4.62. The van der Waals surface area contributed by atoms with Gasteiger partial charge in [-0.15, -0.1) is 11.3 Å². The lowest BCUT2D eigenvalue weighted by Crippen LogP contribution is -2.34. The lowest BCUT2D eigenvalue weighted by molar-refractivity contribution is 0.243. The standard InChI is InChI=1S/C18H19FN4OS/c1-23(13-6-7-20-9-13)10-16-21-14-8-15(25-17(14)18(24)22-16)11-2-4-12(19)5-3-11/h2-5,8,13,20H,6-7,9-10H2,1H3,(H,21,22,24). The van der Waals surface area contributed by atoms with Crippen molar-refractivity contribution in [2.45, 2.75) is 19.0 Å². The summed E-state index contributed by atoms with van der Waals surface area (Å²) in [6.07, 6.45) is 1.11. The molecule has 1 aliphatic rings. The van der Waals surface area contributed by atoms with E-state index in [1.807, 2.05) is 6.07 Å². The Kier molecular flexibility index (Phi) is 4.37. The molecular formula is C18H19FN4OS. The second-order valence-electron chi connectivity index (χ2n) is 6.41. The fraction of sp³-hybridized carbons (Fsp3) is 0.333. The highest BCUT2D eigenvalue weighted by Crippen LogP contribution is 2.30. The molecule has 0 spiro atoms. The van der Waals surface area contributed by atoms with Crippen LogP contribution in [0.3, 0.4) is 0 Å². The molecule has 0 bridgehead atoms. The Morgan fingerprint density at radius 2 is 2.16 bits per heavy atom. The molecule has 0 radical (unpaired) electrons. The fourth-order valence-corrected chi connectivity index (χ4v) is 4.20. The summed E-state index contributed by atoms with van der Waals surface area (Å²) in [7, 11) is 2.05. The molecule has 0 amide bonds. The molecule has 2 N–H and O–H groups in total. The van der Waals surface area contributed by atoms with Crippen molar-refractivity contribution in [3.05, 3.63) is 52.3 Å². The van der Waals surface area contributed by atoms with E-state index >= 15 is 0 Å². The number of halogens is 1. The SMILES string of the molecule is CN(Cc1nc2cc(-c3ccc(F)cc3)sc2c(=O)[nH]1)C1CCNC1. The summed E-state index contributed by atoms with van der Waals surface area (Å²) in [6, 6.07) is 8.66. The third-order valence-corrected chi connectivity index (χ3v) is 5.79. The highest BCUT2D eigenvalue weighted by atomic mass is 32.1. The fourth-order valence-electron chi connectivity index (χ4n) is 3.20. The maximum absolute atomic E-state index is 13.1. The number of hydrogen-bond donors (Lipinski definition) is 2. The van der Waals surface area contributed by atoms with Gasteiger partial charge in [0.15, 0.2) is 0 Å². The highest BCUT2D eigenvalue weighted by molar-refractivity contribution is 7.22. The predicted octanol–water partition coefficient (Wildman–Crippen LogP) is 2.58. The van der Waals surface area contributed by atoms with E-state index in [9.17, 15) is 9.18 Å². The van der Waals surface area contributed by atoms with Gasteiger partial charge in [0, 0.05) is 17.5 Å². The molecule has 0 aliphatic carbocycles. The summed E-state index contributed by atoms with van der Waals surface area (Å²) in [5.74, 6) is 0.405. The summed E-state index contributed by atoms with van der Waals surface area (Å²) in [5.41, 5.74) is 1.47. The van der Waals surface area contributed by atoms with Crippen LogP contribution in [-0.2, 0) is 6.54 Å². The van der Waals surface area contributed by atoms with Gasteiger partial charge in [-0.25, -0.2) is 9.37 Å². The average Bonchev–Trinajstić information content (AvgIpc) is 3.25. The number of likely N-dealkylation sites (N-methyl/N-ethyl adjacent to an activating group) is 1. The van der Waals surface area contributed by atoms with Gasteiger partial charge in [-0.2, -0.15) is 0 Å². The van der Waals surface area contributed by atoms with Gasteiger partial charge in [-0.3, -0.25) is 9.69 Å². The lowest BCUT2D eigenvalue weighted by atomic mass is 10.2. The number of nitrogens with zero attached hydrogens (tertiary/aromatic N) is 2. The molecule has 3 heterocycles. The van der Waals surface area contributed by atoms with Crippen LogP contribution in [0.15, 0.2) is 35.1 Å². The number of aromatic nitrogens is 2. The van der Waals surface area contributed by atoms with Crippen LogP contribution in [0.1, 0.15) is 12.2 Å². The number of benzene rings is 1. The Morgan fingerprint density at radius 1 is 1.36 bits per heavy atom. The summed E-state index contributed by atoms with van der Waals surface area (Å²) < 4.78 is 13.7. The molecule has 130 valence electrons. The quantitative estimate of drug-likeness (QED) is 0.753. The molecule has 7 heteroatoms. The Labute approximate surface area is 148 Å². The number of H-pyrrole nitrogens is 1. The smallest absolute Gasteiger partial charge is 0.268 e. The second kappa shape index (κ2) is 6.67. The molecule has 3 aromatic rings. The molecule has 5 nitrogen and oxygen atoms in total. The summed E-state index contributed by atoms with van der Waals surface area (Å²) >= 11 is 1.38. The van der Waals surface area contributed by atoms with Gasteiger partial charge in [-0.05, 0) is 43.8 Å². The first-order valence-corrected chi connectivity index (χ1v) is 9.11. The molecule has 1 saturated heterocycles. The number of thiophene rings is 1. The van der Waals surface area contributed by atoms with E-state index in [1.165, 1.54) is 23.5 Å². The zero-order chi connectivity index (χ0) is 17.4. The topological polar surface area (TPSA) is 61.0 Å². The van der Waals surface area contributed by atoms with Gasteiger partial charge in [0.2, 0.25) is 0 Å². The van der Waals surface area contributed by atoms with Crippen LogP contribution in [0, 0.1) is 5.82 Å². The zero-order valence-corrected chi connectivity index (χ0v) is 14.7. The molecule has 2 aromatic heterocycles. The monoisotopic (exact) mass is 358 g/mol. The lowest BCUT2D eigenvalue weighted by Gasteiger charge is -2.22. The van der Waals surface area contributed by atoms with Crippen molar-refractivity contribution in [1.82, 2.24) is 20.2 Å². The Bertz CT molecular complexity index is 944. The molecule has 1 fully saturated rings. The van der Waals surface area contributed by atoms with Crippen molar-refractivity contribution in [3.8, 4) is 10.4 Å². The van der Waals surface area contributed by atoms with E-state index in [0.717, 1.165) is 30.0 Å². The molecule has 1 aromatic carbocycles. The molecule has 1 unspecified atom stereocenters. The maximum atomic E-state index is 13.1. The number of aromatic amines is 1. The minimum Gasteiger partial charge on any atom is -0.315 e. The average molecular weight is 358 g/mol. The predicted molar refractivity (Wildman–Crippen MR) is 98.4 cm³/mol. The van der Waals surface area contributed by atoms with Crippen LogP contribution >= 0.6 is 11.3 Å². The summed E-state index contributed by atoms with van der Waals surface area (Å²) in [6.45, 7) is 2.61. The Morgan fingerprint density at radius 3 is 2.88 bits per heavy atom. The van der Waals surface area contributed by atoms with Crippen LogP contribution in [0.25, 0.3) is 20.7 Å². The van der Waals surface area contributed by atoms with E-state index in [-0.39, 0.29) is 11.4 Å².